The summed E-state index contributed by atoms with van der Waals surface area (Å²) in [5.41, 5.74) is 1.88. The third-order valence-electron chi connectivity index (χ3n) is 4.40. The van der Waals surface area contributed by atoms with Crippen LogP contribution in [-0.4, -0.2) is 47.4 Å². The molecule has 0 aromatic carbocycles. The summed E-state index contributed by atoms with van der Waals surface area (Å²) < 4.78 is 7.35. The van der Waals surface area contributed by atoms with Gasteiger partial charge in [0, 0.05) is 25.2 Å². The number of morpholine rings is 1. The van der Waals surface area contributed by atoms with Crippen LogP contribution in [0.2, 0.25) is 5.15 Å². The molecule has 0 aliphatic carbocycles. The second-order valence-corrected chi connectivity index (χ2v) is 6.27. The molecule has 7 heteroatoms. The zero-order valence-electron chi connectivity index (χ0n) is 12.5. The fourth-order valence-corrected chi connectivity index (χ4v) is 3.42. The van der Waals surface area contributed by atoms with Gasteiger partial charge >= 0.3 is 0 Å². The Labute approximate surface area is 134 Å². The van der Waals surface area contributed by atoms with Crippen LogP contribution in [-0.2, 0) is 4.74 Å². The van der Waals surface area contributed by atoms with Crippen molar-refractivity contribution in [2.45, 2.75) is 25.3 Å². The SMILES string of the molecule is Clc1cc(N2CCOCC2)n2nc([C@@H]3CCCCN3)cc2n1. The van der Waals surface area contributed by atoms with Crippen LogP contribution in [0, 0.1) is 0 Å². The van der Waals surface area contributed by atoms with Gasteiger partial charge in [0.1, 0.15) is 11.0 Å². The van der Waals surface area contributed by atoms with Crippen molar-refractivity contribution in [1.82, 2.24) is 19.9 Å². The van der Waals surface area contributed by atoms with E-state index in [9.17, 15) is 0 Å². The molecule has 0 spiro atoms. The van der Waals surface area contributed by atoms with Gasteiger partial charge in [0.2, 0.25) is 0 Å². The third-order valence-corrected chi connectivity index (χ3v) is 4.59. The molecule has 1 N–H and O–H groups in total. The lowest BCUT2D eigenvalue weighted by molar-refractivity contribution is 0.122. The fraction of sp³-hybridized carbons (Fsp3) is 0.600. The highest BCUT2D eigenvalue weighted by atomic mass is 35.5. The van der Waals surface area contributed by atoms with Crippen molar-refractivity contribution in [2.75, 3.05) is 37.7 Å². The number of fused-ring (bicyclic) bond motifs is 1. The molecular formula is C15H20ClN5O. The Kier molecular flexibility index (Phi) is 3.90. The first-order valence-electron chi connectivity index (χ1n) is 7.93. The summed E-state index contributed by atoms with van der Waals surface area (Å²) in [6, 6.07) is 4.27. The molecule has 2 saturated heterocycles. The highest BCUT2D eigenvalue weighted by Gasteiger charge is 2.21. The van der Waals surface area contributed by atoms with Gasteiger partial charge in [-0.05, 0) is 19.4 Å². The second-order valence-electron chi connectivity index (χ2n) is 5.88. The molecule has 22 heavy (non-hydrogen) atoms. The first-order chi connectivity index (χ1) is 10.8. The van der Waals surface area contributed by atoms with Crippen molar-refractivity contribution < 1.29 is 4.74 Å². The lowest BCUT2D eigenvalue weighted by atomic mass is 10.0. The summed E-state index contributed by atoms with van der Waals surface area (Å²) in [6.45, 7) is 4.24. The van der Waals surface area contributed by atoms with Gasteiger partial charge in [-0.25, -0.2) is 4.98 Å². The normalized spacial score (nSPS) is 23.1. The maximum atomic E-state index is 6.21. The van der Waals surface area contributed by atoms with Crippen LogP contribution < -0.4 is 10.2 Å². The maximum Gasteiger partial charge on any atom is 0.159 e. The molecular weight excluding hydrogens is 302 g/mol. The minimum Gasteiger partial charge on any atom is -0.378 e. The standard InChI is InChI=1S/C15H20ClN5O/c16-13-10-15(20-5-7-22-8-6-20)21-14(18-13)9-12(19-21)11-3-1-2-4-17-11/h9-11,17H,1-8H2/t11-/m0/s1. The first kappa shape index (κ1) is 14.2. The number of nitrogens with zero attached hydrogens (tertiary/aromatic N) is 4. The average molecular weight is 322 g/mol. The quantitative estimate of drug-likeness (QED) is 0.858. The number of rotatable bonds is 2. The van der Waals surface area contributed by atoms with Crippen molar-refractivity contribution in [3.8, 4) is 0 Å². The molecule has 0 radical (unpaired) electrons. The van der Waals surface area contributed by atoms with Crippen LogP contribution in [0.4, 0.5) is 5.82 Å². The molecule has 4 rings (SSSR count). The number of anilines is 1. The highest BCUT2D eigenvalue weighted by molar-refractivity contribution is 6.29. The minimum atomic E-state index is 0.326. The van der Waals surface area contributed by atoms with Gasteiger partial charge in [0.05, 0.1) is 24.9 Å². The summed E-state index contributed by atoms with van der Waals surface area (Å²) in [4.78, 5) is 6.69. The molecule has 2 fully saturated rings. The Hall–Kier alpha value is -1.37. The molecule has 0 bridgehead atoms. The van der Waals surface area contributed by atoms with E-state index in [1.165, 1.54) is 12.8 Å². The Morgan fingerprint density at radius 3 is 2.86 bits per heavy atom. The van der Waals surface area contributed by atoms with E-state index in [-0.39, 0.29) is 0 Å². The summed E-state index contributed by atoms with van der Waals surface area (Å²) in [7, 11) is 0. The summed E-state index contributed by atoms with van der Waals surface area (Å²) in [5, 5.41) is 8.85. The second kappa shape index (κ2) is 6.02. The van der Waals surface area contributed by atoms with Crippen LogP contribution in [0.25, 0.3) is 5.65 Å². The monoisotopic (exact) mass is 321 g/mol. The molecule has 2 aromatic rings. The topological polar surface area (TPSA) is 54.7 Å². The number of nitrogens with one attached hydrogen (secondary N) is 1. The molecule has 2 aliphatic rings. The van der Waals surface area contributed by atoms with Crippen molar-refractivity contribution in [3.63, 3.8) is 0 Å². The van der Waals surface area contributed by atoms with E-state index in [1.54, 1.807) is 0 Å². The van der Waals surface area contributed by atoms with Crippen LogP contribution in [0.5, 0.6) is 0 Å². The number of ether oxygens (including phenoxy) is 1. The van der Waals surface area contributed by atoms with E-state index in [1.807, 2.05) is 10.6 Å². The van der Waals surface area contributed by atoms with Gasteiger partial charge in [-0.3, -0.25) is 0 Å². The number of halogens is 1. The number of aromatic nitrogens is 3. The number of piperidine rings is 1. The first-order valence-corrected chi connectivity index (χ1v) is 8.31. The predicted molar refractivity (Wildman–Crippen MR) is 85.6 cm³/mol. The Bertz CT molecular complexity index is 661. The number of hydrogen-bond donors (Lipinski definition) is 1. The zero-order valence-corrected chi connectivity index (χ0v) is 13.2. The summed E-state index contributed by atoms with van der Waals surface area (Å²) >= 11 is 6.21. The van der Waals surface area contributed by atoms with E-state index < -0.39 is 0 Å². The molecule has 2 aromatic heterocycles. The molecule has 4 heterocycles. The fourth-order valence-electron chi connectivity index (χ4n) is 3.24. The van der Waals surface area contributed by atoms with Gasteiger partial charge in [-0.2, -0.15) is 9.61 Å². The molecule has 0 saturated carbocycles. The van der Waals surface area contributed by atoms with Crippen molar-refractivity contribution in [2.24, 2.45) is 0 Å². The maximum absolute atomic E-state index is 6.21. The Morgan fingerprint density at radius 1 is 1.23 bits per heavy atom. The van der Waals surface area contributed by atoms with Crippen molar-refractivity contribution in [3.05, 3.63) is 23.0 Å². The van der Waals surface area contributed by atoms with Gasteiger partial charge < -0.3 is 15.0 Å². The lowest BCUT2D eigenvalue weighted by Crippen LogP contribution is -2.37. The van der Waals surface area contributed by atoms with Crippen LogP contribution in [0.3, 0.4) is 0 Å². The van der Waals surface area contributed by atoms with E-state index in [2.05, 4.69) is 21.3 Å². The lowest BCUT2D eigenvalue weighted by Gasteiger charge is -2.28. The Morgan fingerprint density at radius 2 is 2.09 bits per heavy atom. The van der Waals surface area contributed by atoms with Crippen LogP contribution in [0.15, 0.2) is 12.1 Å². The molecule has 0 unspecified atom stereocenters. The predicted octanol–water partition coefficient (Wildman–Crippen LogP) is 2.03. The van der Waals surface area contributed by atoms with Gasteiger partial charge in [-0.15, -0.1) is 0 Å². The number of hydrogen-bond acceptors (Lipinski definition) is 5. The van der Waals surface area contributed by atoms with Gasteiger partial charge in [0.15, 0.2) is 5.65 Å². The molecule has 0 amide bonds. The minimum absolute atomic E-state index is 0.326. The summed E-state index contributed by atoms with van der Waals surface area (Å²) in [6.07, 6.45) is 3.62. The molecule has 118 valence electrons. The highest BCUT2D eigenvalue weighted by Crippen LogP contribution is 2.26. The van der Waals surface area contributed by atoms with E-state index in [0.717, 1.165) is 56.4 Å². The van der Waals surface area contributed by atoms with Crippen LogP contribution in [0.1, 0.15) is 31.0 Å². The molecule has 2 aliphatic heterocycles. The summed E-state index contributed by atoms with van der Waals surface area (Å²) in [5.74, 6) is 1.00. The van der Waals surface area contributed by atoms with Gasteiger partial charge in [-0.1, -0.05) is 18.0 Å². The average Bonchev–Trinajstić information content (AvgIpc) is 2.99. The van der Waals surface area contributed by atoms with Crippen molar-refractivity contribution in [1.29, 1.82) is 0 Å². The van der Waals surface area contributed by atoms with E-state index in [4.69, 9.17) is 21.4 Å². The smallest absolute Gasteiger partial charge is 0.159 e. The van der Waals surface area contributed by atoms with E-state index >= 15 is 0 Å². The Balaban J connectivity index is 1.73. The zero-order chi connectivity index (χ0) is 14.9. The van der Waals surface area contributed by atoms with Crippen LogP contribution >= 0.6 is 11.6 Å². The molecule has 6 nitrogen and oxygen atoms in total. The third kappa shape index (κ3) is 2.66. The van der Waals surface area contributed by atoms with Gasteiger partial charge in [0.25, 0.3) is 0 Å². The largest absolute Gasteiger partial charge is 0.378 e. The van der Waals surface area contributed by atoms with Crippen molar-refractivity contribution >= 4 is 23.1 Å². The van der Waals surface area contributed by atoms with E-state index in [0.29, 0.717) is 11.2 Å². The molecule has 1 atom stereocenters.